The Balaban J connectivity index is 2.16. The number of nitrogens with one attached hydrogen (secondary N) is 1. The highest BCUT2D eigenvalue weighted by Gasteiger charge is 2.10. The molecule has 2 nitrogen and oxygen atoms in total. The molecule has 2 rings (SSSR count). The van der Waals surface area contributed by atoms with Crippen LogP contribution in [0.3, 0.4) is 0 Å². The number of anilines is 1. The van der Waals surface area contributed by atoms with Gasteiger partial charge >= 0.3 is 0 Å². The molecule has 1 unspecified atom stereocenters. The number of benzene rings is 2. The van der Waals surface area contributed by atoms with Gasteiger partial charge in [-0.2, -0.15) is 0 Å². The lowest BCUT2D eigenvalue weighted by molar-refractivity contribution is 0.415. The van der Waals surface area contributed by atoms with Gasteiger partial charge in [-0.15, -0.1) is 12.3 Å². The van der Waals surface area contributed by atoms with Crippen molar-refractivity contribution in [2.75, 3.05) is 12.4 Å². The zero-order chi connectivity index (χ0) is 14.4. The number of rotatable bonds is 5. The molecule has 0 bridgehead atoms. The monoisotopic (exact) mass is 285 g/mol. The summed E-state index contributed by atoms with van der Waals surface area (Å²) in [5.41, 5.74) is 2.11. The van der Waals surface area contributed by atoms with E-state index in [-0.39, 0.29) is 6.04 Å². The van der Waals surface area contributed by atoms with Crippen molar-refractivity contribution in [3.8, 4) is 18.1 Å². The summed E-state index contributed by atoms with van der Waals surface area (Å²) in [7, 11) is 1.65. The maximum Gasteiger partial charge on any atom is 0.119 e. The van der Waals surface area contributed by atoms with Gasteiger partial charge in [0.25, 0.3) is 0 Å². The predicted octanol–water partition coefficient (Wildman–Crippen LogP) is 4.53. The Labute approximate surface area is 124 Å². The molecule has 0 spiro atoms. The third-order valence-electron chi connectivity index (χ3n) is 3.03. The van der Waals surface area contributed by atoms with E-state index in [0.29, 0.717) is 6.42 Å². The Morgan fingerprint density at radius 3 is 2.35 bits per heavy atom. The second kappa shape index (κ2) is 6.88. The smallest absolute Gasteiger partial charge is 0.119 e. The highest BCUT2D eigenvalue weighted by atomic mass is 35.5. The summed E-state index contributed by atoms with van der Waals surface area (Å²) in [6, 6.07) is 15.5. The zero-order valence-corrected chi connectivity index (χ0v) is 12.0. The van der Waals surface area contributed by atoms with Crippen LogP contribution in [-0.4, -0.2) is 7.11 Å². The van der Waals surface area contributed by atoms with Crippen molar-refractivity contribution in [2.45, 2.75) is 12.5 Å². The summed E-state index contributed by atoms with van der Waals surface area (Å²) >= 11 is 5.91. The topological polar surface area (TPSA) is 21.3 Å². The van der Waals surface area contributed by atoms with Crippen LogP contribution in [0.25, 0.3) is 0 Å². The van der Waals surface area contributed by atoms with Gasteiger partial charge in [0.1, 0.15) is 5.75 Å². The zero-order valence-electron chi connectivity index (χ0n) is 11.3. The molecule has 0 fully saturated rings. The minimum absolute atomic E-state index is 0.0608. The molecule has 3 heteroatoms. The Bertz CT molecular complexity index is 584. The molecule has 2 aromatic rings. The van der Waals surface area contributed by atoms with Crippen LogP contribution >= 0.6 is 11.6 Å². The lowest BCUT2D eigenvalue weighted by Gasteiger charge is -2.18. The van der Waals surface area contributed by atoms with Crippen LogP contribution < -0.4 is 10.1 Å². The van der Waals surface area contributed by atoms with Gasteiger partial charge in [-0.05, 0) is 42.0 Å². The highest BCUT2D eigenvalue weighted by Crippen LogP contribution is 2.25. The standard InChI is InChI=1S/C17H16ClNO/c1-3-4-17(13-5-7-14(18)8-6-13)19-15-9-11-16(20-2)12-10-15/h1,5-12,17,19H,4H2,2H3. The van der Waals surface area contributed by atoms with Gasteiger partial charge in [0, 0.05) is 17.1 Å². The van der Waals surface area contributed by atoms with E-state index in [1.54, 1.807) is 7.11 Å². The van der Waals surface area contributed by atoms with E-state index < -0.39 is 0 Å². The van der Waals surface area contributed by atoms with Crippen LogP contribution in [0, 0.1) is 12.3 Å². The minimum atomic E-state index is 0.0608. The maximum atomic E-state index is 5.91. The molecular formula is C17H16ClNO. The lowest BCUT2D eigenvalue weighted by atomic mass is 10.0. The number of hydrogen-bond donors (Lipinski definition) is 1. The normalized spacial score (nSPS) is 11.4. The maximum absolute atomic E-state index is 5.91. The Hall–Kier alpha value is -2.11. The third kappa shape index (κ3) is 3.69. The molecule has 0 radical (unpaired) electrons. The van der Waals surface area contributed by atoms with Gasteiger partial charge < -0.3 is 10.1 Å². The van der Waals surface area contributed by atoms with Crippen LogP contribution in [-0.2, 0) is 0 Å². The molecule has 1 atom stereocenters. The molecule has 0 saturated carbocycles. The van der Waals surface area contributed by atoms with Crippen LogP contribution in [0.1, 0.15) is 18.0 Å². The molecular weight excluding hydrogens is 270 g/mol. The Morgan fingerprint density at radius 1 is 1.15 bits per heavy atom. The highest BCUT2D eigenvalue weighted by molar-refractivity contribution is 6.30. The van der Waals surface area contributed by atoms with Gasteiger partial charge in [0.2, 0.25) is 0 Å². The van der Waals surface area contributed by atoms with Gasteiger partial charge in [-0.25, -0.2) is 0 Å². The summed E-state index contributed by atoms with van der Waals surface area (Å²) in [5, 5.41) is 4.15. The van der Waals surface area contributed by atoms with Crippen molar-refractivity contribution in [2.24, 2.45) is 0 Å². The molecule has 0 aliphatic carbocycles. The molecule has 0 aromatic heterocycles. The Kier molecular flexibility index (Phi) is 4.92. The van der Waals surface area contributed by atoms with Crippen molar-refractivity contribution < 1.29 is 4.74 Å². The average Bonchev–Trinajstić information content (AvgIpc) is 2.48. The first-order valence-corrected chi connectivity index (χ1v) is 6.70. The van der Waals surface area contributed by atoms with Crippen LogP contribution in [0.2, 0.25) is 5.02 Å². The number of halogens is 1. The van der Waals surface area contributed by atoms with E-state index in [0.717, 1.165) is 22.0 Å². The largest absolute Gasteiger partial charge is 0.497 e. The third-order valence-corrected chi connectivity index (χ3v) is 3.28. The van der Waals surface area contributed by atoms with E-state index in [4.69, 9.17) is 22.8 Å². The molecule has 1 N–H and O–H groups in total. The van der Waals surface area contributed by atoms with Crippen molar-refractivity contribution in [1.82, 2.24) is 0 Å². The lowest BCUT2D eigenvalue weighted by Crippen LogP contribution is -2.10. The van der Waals surface area contributed by atoms with Crippen LogP contribution in [0.4, 0.5) is 5.69 Å². The minimum Gasteiger partial charge on any atom is -0.497 e. The van der Waals surface area contributed by atoms with E-state index >= 15 is 0 Å². The fourth-order valence-corrected chi connectivity index (χ4v) is 2.08. The molecule has 0 aliphatic heterocycles. The molecule has 20 heavy (non-hydrogen) atoms. The molecule has 0 aliphatic rings. The van der Waals surface area contributed by atoms with Gasteiger partial charge in [-0.1, -0.05) is 23.7 Å². The van der Waals surface area contributed by atoms with Crippen LogP contribution in [0.15, 0.2) is 48.5 Å². The van der Waals surface area contributed by atoms with Crippen LogP contribution in [0.5, 0.6) is 5.75 Å². The van der Waals surface area contributed by atoms with Crippen molar-refractivity contribution in [1.29, 1.82) is 0 Å². The van der Waals surface area contributed by atoms with Gasteiger partial charge in [-0.3, -0.25) is 0 Å². The molecule has 2 aromatic carbocycles. The summed E-state index contributed by atoms with van der Waals surface area (Å²) in [6.45, 7) is 0. The fourth-order valence-electron chi connectivity index (χ4n) is 1.95. The summed E-state index contributed by atoms with van der Waals surface area (Å²) < 4.78 is 5.14. The first-order valence-electron chi connectivity index (χ1n) is 6.32. The summed E-state index contributed by atoms with van der Waals surface area (Å²) in [6.07, 6.45) is 6.06. The van der Waals surface area contributed by atoms with Gasteiger partial charge in [0.05, 0.1) is 13.2 Å². The number of methoxy groups -OCH3 is 1. The second-order valence-electron chi connectivity index (χ2n) is 4.39. The number of hydrogen-bond acceptors (Lipinski definition) is 2. The fraction of sp³-hybridized carbons (Fsp3) is 0.176. The quantitative estimate of drug-likeness (QED) is 0.815. The molecule has 0 saturated heterocycles. The SMILES string of the molecule is C#CCC(Nc1ccc(OC)cc1)c1ccc(Cl)cc1. The summed E-state index contributed by atoms with van der Waals surface area (Å²) in [5.74, 6) is 3.53. The van der Waals surface area contributed by atoms with Crippen molar-refractivity contribution >= 4 is 17.3 Å². The molecule has 102 valence electrons. The first-order chi connectivity index (χ1) is 9.72. The van der Waals surface area contributed by atoms with E-state index in [1.807, 2.05) is 48.5 Å². The number of terminal acetylenes is 1. The number of ether oxygens (including phenoxy) is 1. The first kappa shape index (κ1) is 14.3. The van der Waals surface area contributed by atoms with E-state index in [2.05, 4.69) is 11.2 Å². The molecule has 0 amide bonds. The molecule has 0 heterocycles. The van der Waals surface area contributed by atoms with Crippen molar-refractivity contribution in [3.05, 3.63) is 59.1 Å². The summed E-state index contributed by atoms with van der Waals surface area (Å²) in [4.78, 5) is 0. The van der Waals surface area contributed by atoms with Crippen molar-refractivity contribution in [3.63, 3.8) is 0 Å². The van der Waals surface area contributed by atoms with E-state index in [1.165, 1.54) is 0 Å². The Morgan fingerprint density at radius 2 is 1.80 bits per heavy atom. The van der Waals surface area contributed by atoms with Gasteiger partial charge in [0.15, 0.2) is 0 Å². The predicted molar refractivity (Wildman–Crippen MR) is 84.3 cm³/mol. The average molecular weight is 286 g/mol. The van der Waals surface area contributed by atoms with E-state index in [9.17, 15) is 0 Å². The second-order valence-corrected chi connectivity index (χ2v) is 4.82.